The van der Waals surface area contributed by atoms with Crippen molar-refractivity contribution in [3.8, 4) is 11.1 Å². The highest BCUT2D eigenvalue weighted by atomic mass is 35.5. The molecule has 1 N–H and O–H groups in total. The van der Waals surface area contributed by atoms with Gasteiger partial charge in [-0.15, -0.1) is 0 Å². The molecule has 0 saturated carbocycles. The van der Waals surface area contributed by atoms with E-state index in [1.54, 1.807) is 4.90 Å². The van der Waals surface area contributed by atoms with Gasteiger partial charge in [0.05, 0.1) is 0 Å². The van der Waals surface area contributed by atoms with E-state index >= 15 is 0 Å². The minimum atomic E-state index is -0.0203. The summed E-state index contributed by atoms with van der Waals surface area (Å²) in [4.78, 5) is 20.2. The fourth-order valence-electron chi connectivity index (χ4n) is 2.87. The Balaban J connectivity index is 2.10. The van der Waals surface area contributed by atoms with Crippen molar-refractivity contribution in [1.82, 2.24) is 14.8 Å². The summed E-state index contributed by atoms with van der Waals surface area (Å²) >= 11 is 6.20. The van der Waals surface area contributed by atoms with Gasteiger partial charge in [0.15, 0.2) is 0 Å². The van der Waals surface area contributed by atoms with Crippen LogP contribution in [-0.4, -0.2) is 54.9 Å². The second-order valence-corrected chi connectivity index (χ2v) is 6.90. The Bertz CT molecular complexity index is 887. The number of halogens is 1. The Kier molecular flexibility index (Phi) is 5.11. The van der Waals surface area contributed by atoms with Crippen molar-refractivity contribution in [3.05, 3.63) is 59.2 Å². The van der Waals surface area contributed by atoms with Crippen molar-refractivity contribution in [3.63, 3.8) is 0 Å². The molecule has 0 aliphatic heterocycles. The zero-order valence-corrected chi connectivity index (χ0v) is 15.5. The summed E-state index contributed by atoms with van der Waals surface area (Å²) in [6.45, 7) is 1.48. The van der Waals surface area contributed by atoms with E-state index < -0.39 is 0 Å². The highest BCUT2D eigenvalue weighted by Crippen LogP contribution is 2.34. The van der Waals surface area contributed by atoms with Crippen LogP contribution in [0.25, 0.3) is 22.0 Å². The van der Waals surface area contributed by atoms with E-state index in [2.05, 4.69) is 9.88 Å². The molecule has 5 heteroatoms. The number of hydrogen-bond donors (Lipinski definition) is 1. The molecule has 0 unspecified atom stereocenters. The van der Waals surface area contributed by atoms with Crippen LogP contribution >= 0.6 is 11.6 Å². The molecular formula is C20H22ClN3O. The van der Waals surface area contributed by atoms with Crippen LogP contribution in [-0.2, 0) is 0 Å². The van der Waals surface area contributed by atoms with E-state index in [1.807, 2.05) is 69.7 Å². The van der Waals surface area contributed by atoms with Crippen molar-refractivity contribution in [2.75, 3.05) is 34.2 Å². The van der Waals surface area contributed by atoms with E-state index in [0.29, 0.717) is 17.3 Å². The van der Waals surface area contributed by atoms with Crippen molar-refractivity contribution in [2.24, 2.45) is 0 Å². The first-order valence-electron chi connectivity index (χ1n) is 8.24. The number of aromatic amines is 1. The first-order valence-corrected chi connectivity index (χ1v) is 8.62. The molecule has 0 fully saturated rings. The predicted molar refractivity (Wildman–Crippen MR) is 104 cm³/mol. The lowest BCUT2D eigenvalue weighted by Gasteiger charge is -2.20. The highest BCUT2D eigenvalue weighted by Gasteiger charge is 2.22. The Morgan fingerprint density at radius 1 is 1.04 bits per heavy atom. The zero-order chi connectivity index (χ0) is 18.0. The van der Waals surface area contributed by atoms with E-state index in [9.17, 15) is 4.79 Å². The molecule has 0 atom stereocenters. The maximum absolute atomic E-state index is 13.0. The third-order valence-corrected chi connectivity index (χ3v) is 4.50. The lowest BCUT2D eigenvalue weighted by atomic mass is 10.0. The summed E-state index contributed by atoms with van der Waals surface area (Å²) in [5.74, 6) is -0.0203. The Morgan fingerprint density at radius 2 is 1.76 bits per heavy atom. The van der Waals surface area contributed by atoms with Crippen LogP contribution in [0.4, 0.5) is 0 Å². The number of H-pyrrole nitrogens is 1. The second kappa shape index (κ2) is 7.30. The van der Waals surface area contributed by atoms with Crippen molar-refractivity contribution >= 4 is 28.4 Å². The Morgan fingerprint density at radius 3 is 2.44 bits per heavy atom. The van der Waals surface area contributed by atoms with E-state index in [4.69, 9.17) is 11.6 Å². The van der Waals surface area contributed by atoms with Crippen LogP contribution in [0.15, 0.2) is 48.5 Å². The van der Waals surface area contributed by atoms with Crippen LogP contribution in [0.2, 0.25) is 5.02 Å². The summed E-state index contributed by atoms with van der Waals surface area (Å²) in [5, 5.41) is 1.62. The van der Waals surface area contributed by atoms with Gasteiger partial charge in [-0.3, -0.25) is 4.79 Å². The molecule has 25 heavy (non-hydrogen) atoms. The van der Waals surface area contributed by atoms with Gasteiger partial charge >= 0.3 is 0 Å². The minimum absolute atomic E-state index is 0.0203. The summed E-state index contributed by atoms with van der Waals surface area (Å²) in [6.07, 6.45) is 0. The van der Waals surface area contributed by atoms with E-state index in [1.165, 1.54) is 0 Å². The molecule has 130 valence electrons. The summed E-state index contributed by atoms with van der Waals surface area (Å²) < 4.78 is 0. The first kappa shape index (κ1) is 17.5. The molecule has 2 aromatic carbocycles. The minimum Gasteiger partial charge on any atom is -0.350 e. The molecule has 1 aromatic heterocycles. The lowest BCUT2D eigenvalue weighted by molar-refractivity contribution is 0.0782. The van der Waals surface area contributed by atoms with Crippen molar-refractivity contribution in [1.29, 1.82) is 0 Å². The number of nitrogens with zero attached hydrogens (tertiary/aromatic N) is 2. The molecule has 3 rings (SSSR count). The Hall–Kier alpha value is -2.30. The largest absolute Gasteiger partial charge is 0.350 e. The molecule has 4 nitrogen and oxygen atoms in total. The number of amides is 1. The molecule has 1 amide bonds. The van der Waals surface area contributed by atoms with Crippen molar-refractivity contribution < 1.29 is 4.79 Å². The lowest BCUT2D eigenvalue weighted by Crippen LogP contribution is -2.33. The average molecular weight is 356 g/mol. The van der Waals surface area contributed by atoms with Crippen LogP contribution in [0.3, 0.4) is 0 Å². The van der Waals surface area contributed by atoms with Gasteiger partial charge in [-0.1, -0.05) is 41.9 Å². The van der Waals surface area contributed by atoms with Gasteiger partial charge in [0.25, 0.3) is 5.91 Å². The monoisotopic (exact) mass is 355 g/mol. The van der Waals surface area contributed by atoms with Crippen molar-refractivity contribution in [2.45, 2.75) is 0 Å². The molecular weight excluding hydrogens is 334 g/mol. The number of fused-ring (bicyclic) bond motifs is 1. The quantitative estimate of drug-likeness (QED) is 0.747. The number of aromatic nitrogens is 1. The topological polar surface area (TPSA) is 39.3 Å². The van der Waals surface area contributed by atoms with Gasteiger partial charge in [-0.05, 0) is 37.9 Å². The van der Waals surface area contributed by atoms with Gasteiger partial charge in [0.2, 0.25) is 0 Å². The highest BCUT2D eigenvalue weighted by molar-refractivity contribution is 6.31. The fourth-order valence-corrected chi connectivity index (χ4v) is 3.04. The molecule has 1 heterocycles. The number of carbonyl (C=O) groups excluding carboxylic acids is 1. The van der Waals surface area contributed by atoms with Gasteiger partial charge in [-0.2, -0.15) is 0 Å². The van der Waals surface area contributed by atoms with Gasteiger partial charge in [0.1, 0.15) is 5.69 Å². The SMILES string of the molecule is CN(C)CCN(C)C(=O)c1[nH]c2ccc(Cl)cc2c1-c1ccccc1. The zero-order valence-electron chi connectivity index (χ0n) is 14.7. The molecule has 0 bridgehead atoms. The van der Waals surface area contributed by atoms with E-state index in [-0.39, 0.29) is 5.91 Å². The maximum atomic E-state index is 13.0. The predicted octanol–water partition coefficient (Wildman–Crippen LogP) is 4.12. The number of likely N-dealkylation sites (N-methyl/N-ethyl adjacent to an activating group) is 2. The molecule has 3 aromatic rings. The van der Waals surface area contributed by atoms with Crippen LogP contribution in [0, 0.1) is 0 Å². The number of nitrogens with one attached hydrogen (secondary N) is 1. The van der Waals surface area contributed by atoms with Crippen LogP contribution in [0.5, 0.6) is 0 Å². The Labute approximate surface area is 153 Å². The molecule has 0 spiro atoms. The first-order chi connectivity index (χ1) is 12.0. The fraction of sp³-hybridized carbons (Fsp3) is 0.250. The van der Waals surface area contributed by atoms with E-state index in [0.717, 1.165) is 28.6 Å². The third kappa shape index (κ3) is 3.70. The standard InChI is InChI=1S/C20H22ClN3O/c1-23(2)11-12-24(3)20(25)19-18(14-7-5-4-6-8-14)16-13-15(21)9-10-17(16)22-19/h4-10,13,22H,11-12H2,1-3H3. The summed E-state index contributed by atoms with van der Waals surface area (Å²) in [5.41, 5.74) is 3.41. The second-order valence-electron chi connectivity index (χ2n) is 6.46. The number of carbonyl (C=O) groups is 1. The smallest absolute Gasteiger partial charge is 0.270 e. The average Bonchev–Trinajstić information content (AvgIpc) is 2.98. The number of rotatable bonds is 5. The third-order valence-electron chi connectivity index (χ3n) is 4.27. The van der Waals surface area contributed by atoms with Crippen LogP contribution < -0.4 is 0 Å². The van der Waals surface area contributed by atoms with Gasteiger partial charge in [0, 0.05) is 41.6 Å². The normalized spacial score (nSPS) is 11.2. The maximum Gasteiger partial charge on any atom is 0.270 e. The summed E-state index contributed by atoms with van der Waals surface area (Å²) in [6, 6.07) is 15.6. The molecule has 0 aliphatic carbocycles. The van der Waals surface area contributed by atoms with Crippen LogP contribution in [0.1, 0.15) is 10.5 Å². The summed E-state index contributed by atoms with van der Waals surface area (Å²) in [7, 11) is 5.83. The molecule has 0 saturated heterocycles. The molecule has 0 aliphatic rings. The molecule has 0 radical (unpaired) electrons. The van der Waals surface area contributed by atoms with Gasteiger partial charge in [-0.25, -0.2) is 0 Å². The van der Waals surface area contributed by atoms with Gasteiger partial charge < -0.3 is 14.8 Å². The number of hydrogen-bond acceptors (Lipinski definition) is 2. The number of benzene rings is 2.